The van der Waals surface area contributed by atoms with Crippen LogP contribution in [0, 0.1) is 5.92 Å². The quantitative estimate of drug-likeness (QED) is 0.438. The van der Waals surface area contributed by atoms with E-state index in [1.165, 1.54) is 10.8 Å². The molecular weight excluding hydrogens is 239 g/mol. The monoisotopic (exact) mass is 254 g/mol. The fourth-order valence-corrected chi connectivity index (χ4v) is 1.33. The van der Waals surface area contributed by atoms with Crippen LogP contribution in [0.2, 0.25) is 0 Å². The maximum Gasteiger partial charge on any atom is 0.0462 e. The molecule has 0 aliphatic rings. The summed E-state index contributed by atoms with van der Waals surface area (Å²) in [6.45, 7) is 3.95. The van der Waals surface area contributed by atoms with Gasteiger partial charge < -0.3 is 5.11 Å². The first-order valence-corrected chi connectivity index (χ1v) is 5.15. The molecule has 1 N–H and O–H groups in total. The first-order valence-electron chi connectivity index (χ1n) is 3.62. The number of aliphatic hydroxyl groups excluding tert-OH is 1. The minimum Gasteiger partial charge on any atom is -0.396 e. The molecule has 2 heteroatoms. The molecule has 0 saturated heterocycles. The van der Waals surface area contributed by atoms with E-state index in [0.29, 0.717) is 12.5 Å². The number of alkyl halides is 1. The van der Waals surface area contributed by atoms with Crippen molar-refractivity contribution >= 4 is 22.6 Å². The van der Waals surface area contributed by atoms with Gasteiger partial charge in [0.15, 0.2) is 0 Å². The summed E-state index contributed by atoms with van der Waals surface area (Å²) in [4.78, 5) is 0. The largest absolute Gasteiger partial charge is 0.396 e. The van der Waals surface area contributed by atoms with E-state index >= 15 is 0 Å². The molecule has 0 radical (unpaired) electrons. The average Bonchev–Trinajstić information content (AvgIpc) is 1.98. The summed E-state index contributed by atoms with van der Waals surface area (Å²) in [6.07, 6.45) is 5.17. The van der Waals surface area contributed by atoms with Crippen molar-refractivity contribution in [3.05, 3.63) is 12.7 Å². The lowest BCUT2D eigenvalue weighted by molar-refractivity contribution is 0.219. The van der Waals surface area contributed by atoms with Crippen molar-refractivity contribution in [2.24, 2.45) is 5.92 Å². The van der Waals surface area contributed by atoms with Crippen molar-refractivity contribution in [1.82, 2.24) is 0 Å². The molecular formula is C8H15IO. The summed E-state index contributed by atoms with van der Waals surface area (Å²) in [7, 11) is 0. The molecule has 0 rings (SSSR count). The molecule has 0 aromatic carbocycles. The third-order valence-electron chi connectivity index (χ3n) is 1.50. The van der Waals surface area contributed by atoms with Gasteiger partial charge in [0.1, 0.15) is 0 Å². The molecule has 1 atom stereocenters. The zero-order valence-corrected chi connectivity index (χ0v) is 8.38. The molecule has 60 valence electrons. The highest BCUT2D eigenvalue weighted by Crippen LogP contribution is 2.11. The molecule has 0 amide bonds. The second-order valence-electron chi connectivity index (χ2n) is 2.40. The molecule has 0 unspecified atom stereocenters. The van der Waals surface area contributed by atoms with Crippen LogP contribution in [0.3, 0.4) is 0 Å². The molecule has 0 heterocycles. The maximum absolute atomic E-state index is 8.83. The highest BCUT2D eigenvalue weighted by Gasteiger charge is 2.02. The van der Waals surface area contributed by atoms with Crippen LogP contribution in [-0.4, -0.2) is 16.1 Å². The second kappa shape index (κ2) is 7.54. The number of aliphatic hydroxyl groups is 1. The first kappa shape index (κ1) is 10.4. The Labute approximate surface area is 76.7 Å². The van der Waals surface area contributed by atoms with Gasteiger partial charge in [-0.1, -0.05) is 28.7 Å². The third kappa shape index (κ3) is 5.23. The fourth-order valence-electron chi connectivity index (χ4n) is 0.885. The van der Waals surface area contributed by atoms with E-state index in [1.54, 1.807) is 0 Å². The van der Waals surface area contributed by atoms with Gasteiger partial charge in [0.25, 0.3) is 0 Å². The standard InChI is InChI=1S/C8H15IO/c1-2-4-8(7-10)5-3-6-9/h2,8,10H,1,3-7H2/t8-/m0/s1. The number of rotatable bonds is 6. The average molecular weight is 254 g/mol. The van der Waals surface area contributed by atoms with E-state index in [1.807, 2.05) is 6.08 Å². The summed E-state index contributed by atoms with van der Waals surface area (Å²) in [5.41, 5.74) is 0. The molecule has 1 nitrogen and oxygen atoms in total. The van der Waals surface area contributed by atoms with Crippen molar-refractivity contribution < 1.29 is 5.11 Å². The Morgan fingerprint density at radius 3 is 2.70 bits per heavy atom. The summed E-state index contributed by atoms with van der Waals surface area (Å²) in [6, 6.07) is 0. The molecule has 0 fully saturated rings. The number of hydrogen-bond acceptors (Lipinski definition) is 1. The van der Waals surface area contributed by atoms with Gasteiger partial charge in [-0.2, -0.15) is 0 Å². The Morgan fingerprint density at radius 1 is 1.60 bits per heavy atom. The van der Waals surface area contributed by atoms with Gasteiger partial charge in [-0.3, -0.25) is 0 Å². The second-order valence-corrected chi connectivity index (χ2v) is 3.48. The molecule has 10 heavy (non-hydrogen) atoms. The van der Waals surface area contributed by atoms with E-state index in [-0.39, 0.29) is 0 Å². The SMILES string of the molecule is C=CC[C@H](CO)CCCI. The Bertz CT molecular complexity index is 83.3. The lowest BCUT2D eigenvalue weighted by Crippen LogP contribution is -2.04. The zero-order valence-electron chi connectivity index (χ0n) is 6.22. The number of halogens is 1. The molecule has 0 aliphatic heterocycles. The van der Waals surface area contributed by atoms with Gasteiger partial charge in [-0.15, -0.1) is 6.58 Å². The molecule has 0 aromatic heterocycles. The molecule has 0 aliphatic carbocycles. The highest BCUT2D eigenvalue weighted by atomic mass is 127. The van der Waals surface area contributed by atoms with Gasteiger partial charge in [-0.05, 0) is 29.6 Å². The predicted molar refractivity (Wildman–Crippen MR) is 53.5 cm³/mol. The van der Waals surface area contributed by atoms with Crippen LogP contribution >= 0.6 is 22.6 Å². The third-order valence-corrected chi connectivity index (χ3v) is 2.27. The van der Waals surface area contributed by atoms with Gasteiger partial charge in [0.05, 0.1) is 0 Å². The molecule has 0 bridgehead atoms. The highest BCUT2D eigenvalue weighted by molar-refractivity contribution is 14.1. The van der Waals surface area contributed by atoms with E-state index in [0.717, 1.165) is 12.8 Å². The van der Waals surface area contributed by atoms with Crippen LogP contribution in [0.4, 0.5) is 0 Å². The van der Waals surface area contributed by atoms with Crippen molar-refractivity contribution in [1.29, 1.82) is 0 Å². The van der Waals surface area contributed by atoms with Crippen LogP contribution in [-0.2, 0) is 0 Å². The Kier molecular flexibility index (Phi) is 7.86. The van der Waals surface area contributed by atoms with E-state index in [9.17, 15) is 0 Å². The molecule has 0 spiro atoms. The topological polar surface area (TPSA) is 20.2 Å². The van der Waals surface area contributed by atoms with E-state index in [2.05, 4.69) is 29.2 Å². The van der Waals surface area contributed by atoms with Crippen molar-refractivity contribution in [2.75, 3.05) is 11.0 Å². The summed E-state index contributed by atoms with van der Waals surface area (Å²) in [5.74, 6) is 0.451. The predicted octanol–water partition coefficient (Wildman–Crippen LogP) is 2.39. The summed E-state index contributed by atoms with van der Waals surface area (Å²) >= 11 is 2.36. The van der Waals surface area contributed by atoms with Crippen LogP contribution in [0.1, 0.15) is 19.3 Å². The van der Waals surface area contributed by atoms with E-state index in [4.69, 9.17) is 5.11 Å². The van der Waals surface area contributed by atoms with Gasteiger partial charge >= 0.3 is 0 Å². The number of hydrogen-bond donors (Lipinski definition) is 1. The van der Waals surface area contributed by atoms with Crippen LogP contribution in [0.15, 0.2) is 12.7 Å². The zero-order chi connectivity index (χ0) is 7.82. The Morgan fingerprint density at radius 2 is 2.30 bits per heavy atom. The van der Waals surface area contributed by atoms with Crippen LogP contribution in [0.5, 0.6) is 0 Å². The van der Waals surface area contributed by atoms with Crippen molar-refractivity contribution in [3.8, 4) is 0 Å². The van der Waals surface area contributed by atoms with Gasteiger partial charge in [0.2, 0.25) is 0 Å². The smallest absolute Gasteiger partial charge is 0.0462 e. The molecule has 0 aromatic rings. The normalized spacial score (nSPS) is 13.0. The van der Waals surface area contributed by atoms with Crippen LogP contribution in [0.25, 0.3) is 0 Å². The lowest BCUT2D eigenvalue weighted by Gasteiger charge is -2.09. The van der Waals surface area contributed by atoms with E-state index < -0.39 is 0 Å². The Balaban J connectivity index is 3.29. The minimum absolute atomic E-state index is 0.308. The van der Waals surface area contributed by atoms with Crippen molar-refractivity contribution in [2.45, 2.75) is 19.3 Å². The first-order chi connectivity index (χ1) is 4.85. The fraction of sp³-hybridized carbons (Fsp3) is 0.750. The maximum atomic E-state index is 8.83. The minimum atomic E-state index is 0.308. The van der Waals surface area contributed by atoms with Crippen LogP contribution < -0.4 is 0 Å². The summed E-state index contributed by atoms with van der Waals surface area (Å²) < 4.78 is 1.19. The van der Waals surface area contributed by atoms with Crippen molar-refractivity contribution in [3.63, 3.8) is 0 Å². The Hall–Kier alpha value is 0.430. The lowest BCUT2D eigenvalue weighted by atomic mass is 10.0. The molecule has 0 saturated carbocycles. The number of allylic oxidation sites excluding steroid dienone is 1. The summed E-state index contributed by atoms with van der Waals surface area (Å²) in [5, 5.41) is 8.83. The van der Waals surface area contributed by atoms with Gasteiger partial charge in [-0.25, -0.2) is 0 Å². The van der Waals surface area contributed by atoms with Gasteiger partial charge in [0, 0.05) is 6.61 Å².